The van der Waals surface area contributed by atoms with Crippen molar-refractivity contribution in [3.63, 3.8) is 0 Å². The summed E-state index contributed by atoms with van der Waals surface area (Å²) in [7, 11) is 1.70. The molecule has 0 saturated carbocycles. The summed E-state index contributed by atoms with van der Waals surface area (Å²) >= 11 is 12.2. The maximum atomic E-state index is 13.9. The second-order valence-electron chi connectivity index (χ2n) is 7.10. The molecule has 2 amide bonds. The zero-order valence-corrected chi connectivity index (χ0v) is 17.3. The summed E-state index contributed by atoms with van der Waals surface area (Å²) in [5, 5.41) is 0.861. The van der Waals surface area contributed by atoms with Crippen LogP contribution in [0.3, 0.4) is 0 Å². The Bertz CT molecular complexity index is 931. The number of piperidine rings is 1. The van der Waals surface area contributed by atoms with E-state index < -0.39 is 17.5 Å². The van der Waals surface area contributed by atoms with Crippen molar-refractivity contribution in [2.75, 3.05) is 20.1 Å². The van der Waals surface area contributed by atoms with Gasteiger partial charge in [0, 0.05) is 38.7 Å². The van der Waals surface area contributed by atoms with E-state index in [2.05, 4.69) is 0 Å². The third kappa shape index (κ3) is 4.87. The molecule has 4 nitrogen and oxygen atoms in total. The molecule has 1 aliphatic rings. The molecule has 0 N–H and O–H groups in total. The Morgan fingerprint density at radius 2 is 1.83 bits per heavy atom. The van der Waals surface area contributed by atoms with Crippen LogP contribution in [0.4, 0.5) is 8.78 Å². The van der Waals surface area contributed by atoms with Gasteiger partial charge in [-0.3, -0.25) is 9.59 Å². The molecule has 0 bridgehead atoms. The molecule has 2 aromatic rings. The first kappa shape index (κ1) is 21.5. The summed E-state index contributed by atoms with van der Waals surface area (Å²) < 4.78 is 26.9. The summed E-state index contributed by atoms with van der Waals surface area (Å²) in [5.41, 5.74) is 0.596. The van der Waals surface area contributed by atoms with E-state index in [0.29, 0.717) is 48.6 Å². The third-order valence-corrected chi connectivity index (χ3v) is 5.97. The Hall–Kier alpha value is -2.18. The predicted molar refractivity (Wildman–Crippen MR) is 108 cm³/mol. The van der Waals surface area contributed by atoms with Crippen LogP contribution in [0.5, 0.6) is 0 Å². The molecule has 154 valence electrons. The van der Waals surface area contributed by atoms with E-state index in [1.807, 2.05) is 6.07 Å². The van der Waals surface area contributed by atoms with Crippen molar-refractivity contribution >= 4 is 35.0 Å². The minimum Gasteiger partial charge on any atom is -0.341 e. The van der Waals surface area contributed by atoms with Crippen LogP contribution in [0.2, 0.25) is 10.0 Å². The summed E-state index contributed by atoms with van der Waals surface area (Å²) in [6.07, 6.45) is 0.946. The highest BCUT2D eigenvalue weighted by atomic mass is 35.5. The molecule has 2 aromatic carbocycles. The van der Waals surface area contributed by atoms with E-state index in [1.165, 1.54) is 4.90 Å². The lowest BCUT2D eigenvalue weighted by atomic mass is 9.94. The van der Waals surface area contributed by atoms with Crippen LogP contribution in [-0.2, 0) is 11.3 Å². The Morgan fingerprint density at radius 3 is 2.48 bits per heavy atom. The van der Waals surface area contributed by atoms with Crippen LogP contribution in [0.25, 0.3) is 0 Å². The SMILES string of the molecule is CN(Cc1cccc(Cl)c1Cl)C(=O)C1CCN(C(=O)c2ccc(F)cc2F)CC1. The lowest BCUT2D eigenvalue weighted by Gasteiger charge is -2.33. The van der Waals surface area contributed by atoms with Gasteiger partial charge < -0.3 is 9.80 Å². The van der Waals surface area contributed by atoms with Gasteiger partial charge in [0.1, 0.15) is 11.6 Å². The van der Waals surface area contributed by atoms with Gasteiger partial charge in [0.2, 0.25) is 5.91 Å². The molecule has 0 radical (unpaired) electrons. The van der Waals surface area contributed by atoms with E-state index in [-0.39, 0.29) is 17.4 Å². The van der Waals surface area contributed by atoms with Crippen LogP contribution in [0.15, 0.2) is 36.4 Å². The van der Waals surface area contributed by atoms with Crippen molar-refractivity contribution in [2.45, 2.75) is 19.4 Å². The van der Waals surface area contributed by atoms with Gasteiger partial charge >= 0.3 is 0 Å². The fraction of sp³-hybridized carbons (Fsp3) is 0.333. The Labute approximate surface area is 178 Å². The lowest BCUT2D eigenvalue weighted by Crippen LogP contribution is -2.43. The van der Waals surface area contributed by atoms with Gasteiger partial charge in [0.15, 0.2) is 0 Å². The Balaban J connectivity index is 1.59. The Morgan fingerprint density at radius 1 is 1.14 bits per heavy atom. The van der Waals surface area contributed by atoms with Crippen molar-refractivity contribution in [1.82, 2.24) is 9.80 Å². The fourth-order valence-electron chi connectivity index (χ4n) is 3.48. The molecule has 3 rings (SSSR count). The number of nitrogens with zero attached hydrogens (tertiary/aromatic N) is 2. The molecule has 1 aliphatic heterocycles. The molecule has 1 saturated heterocycles. The average molecular weight is 441 g/mol. The molecule has 0 aromatic heterocycles. The van der Waals surface area contributed by atoms with Gasteiger partial charge in [0.25, 0.3) is 5.91 Å². The molecule has 0 spiro atoms. The van der Waals surface area contributed by atoms with Gasteiger partial charge in [-0.1, -0.05) is 35.3 Å². The van der Waals surface area contributed by atoms with Gasteiger partial charge in [0.05, 0.1) is 15.6 Å². The molecular formula is C21H20Cl2F2N2O2. The predicted octanol–water partition coefficient (Wildman–Crippen LogP) is 4.78. The van der Waals surface area contributed by atoms with E-state index in [0.717, 1.165) is 17.7 Å². The normalized spacial score (nSPS) is 14.7. The summed E-state index contributed by atoms with van der Waals surface area (Å²) in [6, 6.07) is 8.18. The quantitative estimate of drug-likeness (QED) is 0.685. The number of amides is 2. The number of carbonyl (C=O) groups excluding carboxylic acids is 2. The van der Waals surface area contributed by atoms with Gasteiger partial charge in [-0.25, -0.2) is 8.78 Å². The van der Waals surface area contributed by atoms with E-state index in [4.69, 9.17) is 23.2 Å². The van der Waals surface area contributed by atoms with E-state index in [9.17, 15) is 18.4 Å². The molecule has 1 fully saturated rings. The zero-order valence-electron chi connectivity index (χ0n) is 15.8. The number of hydrogen-bond donors (Lipinski definition) is 0. The molecule has 8 heteroatoms. The highest BCUT2D eigenvalue weighted by molar-refractivity contribution is 6.42. The van der Waals surface area contributed by atoms with Crippen molar-refractivity contribution in [1.29, 1.82) is 0 Å². The van der Waals surface area contributed by atoms with Crippen molar-refractivity contribution in [2.24, 2.45) is 5.92 Å². The van der Waals surface area contributed by atoms with Crippen molar-refractivity contribution in [3.05, 3.63) is 69.2 Å². The number of carbonyl (C=O) groups is 2. The highest BCUT2D eigenvalue weighted by Gasteiger charge is 2.30. The van der Waals surface area contributed by atoms with E-state index >= 15 is 0 Å². The number of benzene rings is 2. The number of rotatable bonds is 4. The summed E-state index contributed by atoms with van der Waals surface area (Å²) in [5.74, 6) is -2.38. The fourth-order valence-corrected chi connectivity index (χ4v) is 3.86. The third-order valence-electron chi connectivity index (χ3n) is 5.11. The second-order valence-corrected chi connectivity index (χ2v) is 7.88. The molecule has 1 heterocycles. The maximum absolute atomic E-state index is 13.9. The van der Waals surface area contributed by atoms with Crippen LogP contribution in [0, 0.1) is 17.6 Å². The first-order valence-electron chi connectivity index (χ1n) is 9.20. The monoisotopic (exact) mass is 440 g/mol. The highest BCUT2D eigenvalue weighted by Crippen LogP contribution is 2.27. The number of hydrogen-bond acceptors (Lipinski definition) is 2. The van der Waals surface area contributed by atoms with Crippen LogP contribution < -0.4 is 0 Å². The molecule has 29 heavy (non-hydrogen) atoms. The second kappa shape index (κ2) is 9.09. The first-order valence-corrected chi connectivity index (χ1v) is 9.95. The van der Waals surface area contributed by atoms with Gasteiger partial charge in [-0.05, 0) is 36.6 Å². The molecule has 0 atom stereocenters. The van der Waals surface area contributed by atoms with Crippen LogP contribution in [0.1, 0.15) is 28.8 Å². The Kier molecular flexibility index (Phi) is 6.75. The van der Waals surface area contributed by atoms with Gasteiger partial charge in [-0.2, -0.15) is 0 Å². The minimum absolute atomic E-state index is 0.0406. The van der Waals surface area contributed by atoms with Crippen LogP contribution in [-0.4, -0.2) is 41.8 Å². The molecule has 0 unspecified atom stereocenters. The summed E-state index contributed by atoms with van der Waals surface area (Å²) in [6.45, 7) is 0.994. The average Bonchev–Trinajstić information content (AvgIpc) is 2.70. The summed E-state index contributed by atoms with van der Waals surface area (Å²) in [4.78, 5) is 28.4. The van der Waals surface area contributed by atoms with E-state index in [1.54, 1.807) is 24.1 Å². The smallest absolute Gasteiger partial charge is 0.256 e. The number of halogens is 4. The largest absolute Gasteiger partial charge is 0.341 e. The lowest BCUT2D eigenvalue weighted by molar-refractivity contribution is -0.136. The van der Waals surface area contributed by atoms with Crippen molar-refractivity contribution < 1.29 is 18.4 Å². The number of likely N-dealkylation sites (tertiary alicyclic amines) is 1. The maximum Gasteiger partial charge on any atom is 0.256 e. The van der Waals surface area contributed by atoms with Gasteiger partial charge in [-0.15, -0.1) is 0 Å². The minimum atomic E-state index is -0.883. The van der Waals surface area contributed by atoms with Crippen molar-refractivity contribution in [3.8, 4) is 0 Å². The molecular weight excluding hydrogens is 421 g/mol. The topological polar surface area (TPSA) is 40.6 Å². The molecule has 0 aliphatic carbocycles. The zero-order chi connectivity index (χ0) is 21.1. The first-order chi connectivity index (χ1) is 13.8. The standard InChI is InChI=1S/C21H20Cl2F2N2O2/c1-26(12-14-3-2-4-17(22)19(14)23)20(28)13-7-9-27(10-8-13)21(29)16-6-5-15(24)11-18(16)25/h2-6,11,13H,7-10,12H2,1H3. The van der Waals surface area contributed by atoms with Crippen LogP contribution >= 0.6 is 23.2 Å².